The van der Waals surface area contributed by atoms with Crippen LogP contribution in [0.2, 0.25) is 0 Å². The van der Waals surface area contributed by atoms with Gasteiger partial charge in [0.25, 0.3) is 0 Å². The van der Waals surface area contributed by atoms with Gasteiger partial charge in [0, 0.05) is 59.2 Å². The average Bonchev–Trinajstić information content (AvgIpc) is 2.68. The van der Waals surface area contributed by atoms with Gasteiger partial charge in [-0.1, -0.05) is 0 Å². The first-order valence-corrected chi connectivity index (χ1v) is 10.5. The molecule has 0 aromatic rings. The standard InChI is InChI=1S/C20H40N4O2.HI/c1-17(2)24-10-4-6-19(15-24)14-23-20(21-3)22-9-5-11-26-16-18-7-12-25-13-8-18;/h17-19H,4-16H2,1-3H3,(H2,21,22,23);1H. The second kappa shape index (κ2) is 14.8. The zero-order valence-electron chi connectivity index (χ0n) is 17.5. The van der Waals surface area contributed by atoms with Gasteiger partial charge in [-0.05, 0) is 64.3 Å². The molecule has 0 amide bonds. The Kier molecular flexibility index (Phi) is 13.7. The van der Waals surface area contributed by atoms with E-state index in [1.54, 1.807) is 0 Å². The highest BCUT2D eigenvalue weighted by Gasteiger charge is 2.21. The van der Waals surface area contributed by atoms with Gasteiger partial charge < -0.3 is 25.0 Å². The molecule has 0 bridgehead atoms. The lowest BCUT2D eigenvalue weighted by Crippen LogP contribution is -2.46. The van der Waals surface area contributed by atoms with Crippen molar-refractivity contribution in [2.45, 2.75) is 52.0 Å². The predicted molar refractivity (Wildman–Crippen MR) is 123 cm³/mol. The maximum absolute atomic E-state index is 5.82. The van der Waals surface area contributed by atoms with E-state index in [1.807, 2.05) is 7.05 Å². The Morgan fingerprint density at radius 3 is 2.67 bits per heavy atom. The second-order valence-corrected chi connectivity index (χ2v) is 7.96. The van der Waals surface area contributed by atoms with Gasteiger partial charge in [-0.2, -0.15) is 0 Å². The third kappa shape index (κ3) is 10.3. The molecule has 0 aromatic carbocycles. The van der Waals surface area contributed by atoms with Crippen LogP contribution in [-0.4, -0.2) is 76.6 Å². The summed E-state index contributed by atoms with van der Waals surface area (Å²) in [7, 11) is 1.85. The Hall–Kier alpha value is -0.120. The molecule has 1 atom stereocenters. The maximum atomic E-state index is 5.82. The maximum Gasteiger partial charge on any atom is 0.190 e. The summed E-state index contributed by atoms with van der Waals surface area (Å²) < 4.78 is 11.2. The summed E-state index contributed by atoms with van der Waals surface area (Å²) in [6.45, 7) is 12.4. The quantitative estimate of drug-likeness (QED) is 0.223. The van der Waals surface area contributed by atoms with Crippen molar-refractivity contribution in [2.24, 2.45) is 16.8 Å². The van der Waals surface area contributed by atoms with Crippen LogP contribution in [0.1, 0.15) is 46.0 Å². The number of hydrogen-bond acceptors (Lipinski definition) is 4. The molecule has 2 aliphatic heterocycles. The molecule has 2 N–H and O–H groups in total. The smallest absolute Gasteiger partial charge is 0.190 e. The van der Waals surface area contributed by atoms with Crippen LogP contribution < -0.4 is 10.6 Å². The van der Waals surface area contributed by atoms with E-state index in [9.17, 15) is 0 Å². The number of halogens is 1. The largest absolute Gasteiger partial charge is 0.381 e. The fraction of sp³-hybridized carbons (Fsp3) is 0.950. The summed E-state index contributed by atoms with van der Waals surface area (Å²) >= 11 is 0. The van der Waals surface area contributed by atoms with Gasteiger partial charge in [0.2, 0.25) is 0 Å². The minimum Gasteiger partial charge on any atom is -0.381 e. The number of rotatable bonds is 9. The molecule has 2 fully saturated rings. The number of nitrogens with zero attached hydrogens (tertiary/aromatic N) is 2. The number of ether oxygens (including phenoxy) is 2. The molecule has 0 saturated carbocycles. The van der Waals surface area contributed by atoms with Crippen LogP contribution in [0.3, 0.4) is 0 Å². The van der Waals surface area contributed by atoms with E-state index >= 15 is 0 Å². The van der Waals surface area contributed by atoms with Crippen LogP contribution >= 0.6 is 24.0 Å². The summed E-state index contributed by atoms with van der Waals surface area (Å²) in [4.78, 5) is 6.93. The van der Waals surface area contributed by atoms with Crippen molar-refractivity contribution in [3.05, 3.63) is 0 Å². The van der Waals surface area contributed by atoms with E-state index in [4.69, 9.17) is 9.47 Å². The molecule has 0 aromatic heterocycles. The minimum absolute atomic E-state index is 0. The highest BCUT2D eigenvalue weighted by atomic mass is 127. The number of likely N-dealkylation sites (tertiary alicyclic amines) is 1. The molecule has 2 heterocycles. The van der Waals surface area contributed by atoms with Gasteiger partial charge in [-0.25, -0.2) is 0 Å². The molecule has 7 heteroatoms. The average molecular weight is 496 g/mol. The molecule has 2 saturated heterocycles. The lowest BCUT2D eigenvalue weighted by Gasteiger charge is -2.35. The van der Waals surface area contributed by atoms with E-state index in [0.29, 0.717) is 17.9 Å². The van der Waals surface area contributed by atoms with Crippen LogP contribution in [0.15, 0.2) is 4.99 Å². The summed E-state index contributed by atoms with van der Waals surface area (Å²) in [6, 6.07) is 0.649. The molecule has 1 unspecified atom stereocenters. The Morgan fingerprint density at radius 1 is 1.19 bits per heavy atom. The molecule has 6 nitrogen and oxygen atoms in total. The van der Waals surface area contributed by atoms with Crippen LogP contribution in [0.5, 0.6) is 0 Å². The van der Waals surface area contributed by atoms with Crippen LogP contribution in [0, 0.1) is 11.8 Å². The van der Waals surface area contributed by atoms with Crippen molar-refractivity contribution >= 4 is 29.9 Å². The highest BCUT2D eigenvalue weighted by molar-refractivity contribution is 14.0. The Labute approximate surface area is 183 Å². The number of guanidine groups is 1. The van der Waals surface area contributed by atoms with Crippen LogP contribution in [0.25, 0.3) is 0 Å². The fourth-order valence-corrected chi connectivity index (χ4v) is 3.74. The van der Waals surface area contributed by atoms with Crippen molar-refractivity contribution in [1.29, 1.82) is 0 Å². The van der Waals surface area contributed by atoms with Gasteiger partial charge in [0.05, 0.1) is 0 Å². The number of nitrogens with one attached hydrogen (secondary N) is 2. The van der Waals surface area contributed by atoms with Crippen molar-refractivity contribution in [1.82, 2.24) is 15.5 Å². The zero-order valence-corrected chi connectivity index (χ0v) is 19.9. The van der Waals surface area contributed by atoms with E-state index in [1.165, 1.54) is 25.9 Å². The molecule has 0 spiro atoms. The van der Waals surface area contributed by atoms with E-state index < -0.39 is 0 Å². The van der Waals surface area contributed by atoms with Gasteiger partial charge in [-0.15, -0.1) is 24.0 Å². The first kappa shape index (κ1) is 24.9. The highest BCUT2D eigenvalue weighted by Crippen LogP contribution is 2.17. The lowest BCUT2D eigenvalue weighted by molar-refractivity contribution is 0.0203. The summed E-state index contributed by atoms with van der Waals surface area (Å²) in [5.74, 6) is 2.32. The van der Waals surface area contributed by atoms with Gasteiger partial charge in [-0.3, -0.25) is 4.99 Å². The van der Waals surface area contributed by atoms with Crippen molar-refractivity contribution in [3.63, 3.8) is 0 Å². The van der Waals surface area contributed by atoms with Crippen molar-refractivity contribution in [3.8, 4) is 0 Å². The number of hydrogen-bond donors (Lipinski definition) is 2. The zero-order chi connectivity index (χ0) is 18.6. The van der Waals surface area contributed by atoms with Gasteiger partial charge in [0.1, 0.15) is 0 Å². The molecule has 160 valence electrons. The van der Waals surface area contributed by atoms with Crippen LogP contribution in [-0.2, 0) is 9.47 Å². The summed E-state index contributed by atoms with van der Waals surface area (Å²) in [5, 5.41) is 6.91. The Bertz CT molecular complexity index is 403. The Balaban J connectivity index is 0.00000364. The SMILES string of the molecule is CN=C(NCCCOCC1CCOCC1)NCC1CCCN(C(C)C)C1.I. The molecule has 0 radical (unpaired) electrons. The first-order valence-electron chi connectivity index (χ1n) is 10.5. The third-order valence-corrected chi connectivity index (χ3v) is 5.51. The van der Waals surface area contributed by atoms with E-state index in [-0.39, 0.29) is 24.0 Å². The normalized spacial score (nSPS) is 22.5. The van der Waals surface area contributed by atoms with Gasteiger partial charge in [0.15, 0.2) is 5.96 Å². The van der Waals surface area contributed by atoms with E-state index in [2.05, 4.69) is 34.4 Å². The number of piperidine rings is 1. The molecule has 2 aliphatic rings. The monoisotopic (exact) mass is 496 g/mol. The summed E-state index contributed by atoms with van der Waals surface area (Å²) in [6.07, 6.45) is 5.91. The lowest BCUT2D eigenvalue weighted by atomic mass is 9.97. The molecule has 0 aliphatic carbocycles. The number of aliphatic imine (C=N–C) groups is 1. The molecule has 27 heavy (non-hydrogen) atoms. The topological polar surface area (TPSA) is 58.1 Å². The summed E-state index contributed by atoms with van der Waals surface area (Å²) in [5.41, 5.74) is 0. The predicted octanol–water partition coefficient (Wildman–Crippen LogP) is 2.72. The van der Waals surface area contributed by atoms with Crippen LogP contribution in [0.4, 0.5) is 0 Å². The second-order valence-electron chi connectivity index (χ2n) is 7.96. The Morgan fingerprint density at radius 2 is 1.96 bits per heavy atom. The van der Waals surface area contributed by atoms with Crippen molar-refractivity contribution in [2.75, 3.05) is 59.7 Å². The van der Waals surface area contributed by atoms with Gasteiger partial charge >= 0.3 is 0 Å². The molecular formula is C20H41IN4O2. The van der Waals surface area contributed by atoms with Crippen molar-refractivity contribution < 1.29 is 9.47 Å². The fourth-order valence-electron chi connectivity index (χ4n) is 3.74. The molecular weight excluding hydrogens is 455 g/mol. The minimum atomic E-state index is 0. The third-order valence-electron chi connectivity index (χ3n) is 5.51. The van der Waals surface area contributed by atoms with E-state index in [0.717, 1.165) is 64.7 Å². The molecule has 2 rings (SSSR count). The first-order chi connectivity index (χ1) is 12.7.